The highest BCUT2D eigenvalue weighted by Gasteiger charge is 2.08. The lowest BCUT2D eigenvalue weighted by Gasteiger charge is -2.10. The number of ketones is 1. The van der Waals surface area contributed by atoms with Crippen LogP contribution < -0.4 is 10.1 Å². The minimum absolute atomic E-state index is 0.125. The average Bonchev–Trinajstić information content (AvgIpc) is 2.80. The van der Waals surface area contributed by atoms with Crippen LogP contribution in [0.4, 0.5) is 5.82 Å². The fourth-order valence-corrected chi connectivity index (χ4v) is 3.19. The van der Waals surface area contributed by atoms with Crippen molar-refractivity contribution in [1.29, 1.82) is 0 Å². The first-order valence-electron chi connectivity index (χ1n) is 10.0. The Bertz CT molecular complexity index is 958. The van der Waals surface area contributed by atoms with Gasteiger partial charge in [-0.1, -0.05) is 42.5 Å². The molecule has 0 saturated heterocycles. The van der Waals surface area contributed by atoms with Gasteiger partial charge >= 0.3 is 0 Å². The summed E-state index contributed by atoms with van der Waals surface area (Å²) < 4.78 is 10.4. The molecule has 0 spiro atoms. The maximum absolute atomic E-state index is 12.2. The molecule has 156 valence electrons. The molecule has 1 N–H and O–H groups in total. The first kappa shape index (κ1) is 21.5. The molecular weight excluding hydrogens is 378 g/mol. The summed E-state index contributed by atoms with van der Waals surface area (Å²) in [4.78, 5) is 20.9. The number of hydrogen-bond acceptors (Lipinski definition) is 6. The van der Waals surface area contributed by atoms with Gasteiger partial charge in [-0.2, -0.15) is 0 Å². The molecule has 3 aromatic rings. The normalized spacial score (nSPS) is 10.6. The van der Waals surface area contributed by atoms with Crippen molar-refractivity contribution in [2.45, 2.75) is 19.3 Å². The minimum atomic E-state index is 0.125. The summed E-state index contributed by atoms with van der Waals surface area (Å²) in [6.07, 6.45) is 3.58. The van der Waals surface area contributed by atoms with Gasteiger partial charge in [0, 0.05) is 43.9 Å². The van der Waals surface area contributed by atoms with Crippen molar-refractivity contribution >= 4 is 11.6 Å². The van der Waals surface area contributed by atoms with Crippen molar-refractivity contribution in [3.63, 3.8) is 0 Å². The number of methoxy groups -OCH3 is 2. The van der Waals surface area contributed by atoms with Gasteiger partial charge in [-0.15, -0.1) is 0 Å². The zero-order valence-corrected chi connectivity index (χ0v) is 17.4. The summed E-state index contributed by atoms with van der Waals surface area (Å²) >= 11 is 0. The molecule has 0 unspecified atom stereocenters. The number of carbonyl (C=O) groups is 1. The fourth-order valence-electron chi connectivity index (χ4n) is 3.19. The molecule has 0 aliphatic carbocycles. The van der Waals surface area contributed by atoms with Crippen LogP contribution in [0.25, 0.3) is 11.3 Å². The van der Waals surface area contributed by atoms with Crippen LogP contribution in [-0.2, 0) is 11.2 Å². The minimum Gasteiger partial charge on any atom is -0.496 e. The van der Waals surface area contributed by atoms with E-state index in [2.05, 4.69) is 21.4 Å². The van der Waals surface area contributed by atoms with Gasteiger partial charge in [-0.3, -0.25) is 4.79 Å². The van der Waals surface area contributed by atoms with E-state index in [1.54, 1.807) is 20.5 Å². The van der Waals surface area contributed by atoms with Gasteiger partial charge < -0.3 is 14.8 Å². The zero-order chi connectivity index (χ0) is 21.2. The molecule has 30 heavy (non-hydrogen) atoms. The molecule has 1 heterocycles. The highest BCUT2D eigenvalue weighted by atomic mass is 16.5. The Kier molecular flexibility index (Phi) is 7.92. The number of carbonyl (C=O) groups excluding carboxylic acids is 1. The van der Waals surface area contributed by atoms with Crippen molar-refractivity contribution in [2.24, 2.45) is 0 Å². The van der Waals surface area contributed by atoms with Crippen LogP contribution in [0.1, 0.15) is 28.8 Å². The van der Waals surface area contributed by atoms with Crippen LogP contribution in [0.5, 0.6) is 5.75 Å². The Morgan fingerprint density at radius 2 is 1.83 bits per heavy atom. The average molecular weight is 405 g/mol. The lowest BCUT2D eigenvalue weighted by molar-refractivity contribution is 0.0963. The second kappa shape index (κ2) is 11.1. The van der Waals surface area contributed by atoms with Crippen LogP contribution in [0, 0.1) is 0 Å². The Labute approximate surface area is 177 Å². The maximum atomic E-state index is 12.2. The van der Waals surface area contributed by atoms with Crippen LogP contribution in [-0.4, -0.2) is 43.1 Å². The van der Waals surface area contributed by atoms with E-state index < -0.39 is 0 Å². The van der Waals surface area contributed by atoms with Gasteiger partial charge in [-0.05, 0) is 24.5 Å². The van der Waals surface area contributed by atoms with Crippen molar-refractivity contribution in [2.75, 3.05) is 32.7 Å². The van der Waals surface area contributed by atoms with E-state index in [1.165, 1.54) is 0 Å². The number of benzene rings is 2. The Morgan fingerprint density at radius 1 is 1.03 bits per heavy atom. The molecule has 3 rings (SSSR count). The SMILES string of the molecule is COCCCC(=O)c1ccc(-c2cc(NCCc3ccccc3OC)ncn2)cc1. The van der Waals surface area contributed by atoms with Gasteiger partial charge in [0.2, 0.25) is 0 Å². The summed E-state index contributed by atoms with van der Waals surface area (Å²) in [6, 6.07) is 17.4. The van der Waals surface area contributed by atoms with Gasteiger partial charge in [0.15, 0.2) is 5.78 Å². The van der Waals surface area contributed by atoms with Crippen LogP contribution in [0.2, 0.25) is 0 Å². The van der Waals surface area contributed by atoms with Gasteiger partial charge in [0.25, 0.3) is 0 Å². The number of hydrogen-bond donors (Lipinski definition) is 1. The molecule has 0 atom stereocenters. The van der Waals surface area contributed by atoms with E-state index in [0.717, 1.165) is 47.8 Å². The van der Waals surface area contributed by atoms with Crippen LogP contribution in [0.15, 0.2) is 60.9 Å². The number of rotatable bonds is 11. The lowest BCUT2D eigenvalue weighted by Crippen LogP contribution is -2.07. The fraction of sp³-hybridized carbons (Fsp3) is 0.292. The molecule has 2 aromatic carbocycles. The molecule has 6 nitrogen and oxygen atoms in total. The summed E-state index contributed by atoms with van der Waals surface area (Å²) in [5.41, 5.74) is 3.60. The first-order valence-corrected chi connectivity index (χ1v) is 10.0. The molecule has 1 aromatic heterocycles. The number of para-hydroxylation sites is 1. The summed E-state index contributed by atoms with van der Waals surface area (Å²) in [5.74, 6) is 1.77. The second-order valence-corrected chi connectivity index (χ2v) is 6.87. The first-order chi connectivity index (χ1) is 14.7. The van der Waals surface area contributed by atoms with Gasteiger partial charge in [0.05, 0.1) is 12.8 Å². The zero-order valence-electron chi connectivity index (χ0n) is 17.4. The topological polar surface area (TPSA) is 73.3 Å². The number of nitrogens with zero attached hydrogens (tertiary/aromatic N) is 2. The van der Waals surface area contributed by atoms with Crippen molar-refractivity contribution in [1.82, 2.24) is 9.97 Å². The van der Waals surface area contributed by atoms with Crippen molar-refractivity contribution < 1.29 is 14.3 Å². The molecular formula is C24H27N3O3. The van der Waals surface area contributed by atoms with Crippen LogP contribution >= 0.6 is 0 Å². The number of ether oxygens (including phenoxy) is 2. The predicted molar refractivity (Wildman–Crippen MR) is 118 cm³/mol. The van der Waals surface area contributed by atoms with E-state index in [0.29, 0.717) is 18.6 Å². The second-order valence-electron chi connectivity index (χ2n) is 6.87. The smallest absolute Gasteiger partial charge is 0.162 e. The van der Waals surface area contributed by atoms with Gasteiger partial charge in [-0.25, -0.2) is 9.97 Å². The largest absolute Gasteiger partial charge is 0.496 e. The summed E-state index contributed by atoms with van der Waals surface area (Å²) in [6.45, 7) is 1.32. The molecule has 0 radical (unpaired) electrons. The third-order valence-corrected chi connectivity index (χ3v) is 4.81. The van der Waals surface area contributed by atoms with E-state index in [9.17, 15) is 4.79 Å². The van der Waals surface area contributed by atoms with E-state index in [1.807, 2.05) is 48.5 Å². The van der Waals surface area contributed by atoms with E-state index in [-0.39, 0.29) is 5.78 Å². The Hall–Kier alpha value is -3.25. The van der Waals surface area contributed by atoms with Gasteiger partial charge in [0.1, 0.15) is 17.9 Å². The lowest BCUT2D eigenvalue weighted by atomic mass is 10.0. The molecule has 0 bridgehead atoms. The Balaban J connectivity index is 1.60. The highest BCUT2D eigenvalue weighted by Crippen LogP contribution is 2.21. The number of aromatic nitrogens is 2. The number of nitrogens with one attached hydrogen (secondary N) is 1. The predicted octanol–water partition coefficient (Wildman–Crippen LogP) is 4.42. The third-order valence-electron chi connectivity index (χ3n) is 4.81. The summed E-state index contributed by atoms with van der Waals surface area (Å²) in [5, 5.41) is 3.34. The van der Waals surface area contributed by atoms with Crippen molar-refractivity contribution in [3.05, 3.63) is 72.1 Å². The highest BCUT2D eigenvalue weighted by molar-refractivity contribution is 5.96. The van der Waals surface area contributed by atoms with E-state index >= 15 is 0 Å². The molecule has 0 aliphatic heterocycles. The number of Topliss-reactive ketones (excluding diaryl/α,β-unsaturated/α-hetero) is 1. The molecule has 6 heteroatoms. The summed E-state index contributed by atoms with van der Waals surface area (Å²) in [7, 11) is 3.32. The maximum Gasteiger partial charge on any atom is 0.162 e. The molecule has 0 fully saturated rings. The standard InChI is InChI=1S/C24H27N3O3/c1-29-15-5-7-22(28)19-11-9-18(10-12-19)21-16-24(27-17-26-21)25-14-13-20-6-3-4-8-23(20)30-2/h3-4,6,8-12,16-17H,5,7,13-15H2,1-2H3,(H,25,26,27). The van der Waals surface area contributed by atoms with Crippen LogP contribution in [0.3, 0.4) is 0 Å². The molecule has 0 aliphatic rings. The molecule has 0 amide bonds. The Morgan fingerprint density at radius 3 is 2.60 bits per heavy atom. The monoisotopic (exact) mass is 405 g/mol. The molecule has 0 saturated carbocycles. The van der Waals surface area contributed by atoms with E-state index in [4.69, 9.17) is 9.47 Å². The third kappa shape index (κ3) is 5.87. The quantitative estimate of drug-likeness (QED) is 0.376. The van der Waals surface area contributed by atoms with Crippen molar-refractivity contribution in [3.8, 4) is 17.0 Å². The number of anilines is 1.